The van der Waals surface area contributed by atoms with Crippen LogP contribution >= 0.6 is 0 Å². The van der Waals surface area contributed by atoms with Gasteiger partial charge < -0.3 is 19.7 Å². The quantitative estimate of drug-likeness (QED) is 0.609. The summed E-state index contributed by atoms with van der Waals surface area (Å²) in [4.78, 5) is 11.5. The fourth-order valence-corrected chi connectivity index (χ4v) is 3.94. The Labute approximate surface area is 164 Å². The highest BCUT2D eigenvalue weighted by atomic mass is 16.7. The molecule has 1 aliphatic carbocycles. The smallest absolute Gasteiger partial charge is 0.370 e. The lowest BCUT2D eigenvalue weighted by Gasteiger charge is -2.28. The summed E-state index contributed by atoms with van der Waals surface area (Å²) in [5.41, 5.74) is 6.18. The maximum atomic E-state index is 11.5. The number of aliphatic carboxylic acids is 1. The number of fused-ring (bicyclic) bond motifs is 3. The van der Waals surface area contributed by atoms with Crippen LogP contribution in [-0.4, -0.2) is 35.7 Å². The Hall–Kier alpha value is -2.63. The highest BCUT2D eigenvalue weighted by molar-refractivity contribution is 5.84. The van der Waals surface area contributed by atoms with E-state index >= 15 is 0 Å². The van der Waals surface area contributed by atoms with Crippen molar-refractivity contribution < 1.29 is 24.5 Å². The lowest BCUT2D eigenvalue weighted by Crippen LogP contribution is -2.27. The average Bonchev–Trinajstić information content (AvgIpc) is 3.09. The first-order valence-corrected chi connectivity index (χ1v) is 9.71. The molecule has 0 amide bonds. The van der Waals surface area contributed by atoms with Gasteiger partial charge in [-0.2, -0.15) is 0 Å². The SMILES string of the molecule is O=C(O)C1=C[C@H](c2ccc3c(c2)-c2ccccc2C3)C[C@H](OCCCCO)O1. The molecule has 1 heterocycles. The van der Waals surface area contributed by atoms with Crippen molar-refractivity contribution in [3.8, 4) is 11.1 Å². The van der Waals surface area contributed by atoms with E-state index in [1.165, 1.54) is 22.3 Å². The van der Waals surface area contributed by atoms with E-state index in [0.717, 1.165) is 12.0 Å². The largest absolute Gasteiger partial charge is 0.475 e. The number of unbranched alkanes of at least 4 members (excludes halogenated alkanes) is 1. The van der Waals surface area contributed by atoms with Crippen molar-refractivity contribution in [3.05, 3.63) is 71.0 Å². The summed E-state index contributed by atoms with van der Waals surface area (Å²) in [7, 11) is 0. The van der Waals surface area contributed by atoms with E-state index in [0.29, 0.717) is 25.9 Å². The van der Waals surface area contributed by atoms with Gasteiger partial charge in [-0.25, -0.2) is 4.79 Å². The molecule has 0 radical (unpaired) electrons. The Bertz CT molecular complexity index is 902. The zero-order chi connectivity index (χ0) is 19.5. The van der Waals surface area contributed by atoms with Crippen molar-refractivity contribution >= 4 is 5.97 Å². The van der Waals surface area contributed by atoms with E-state index in [4.69, 9.17) is 14.6 Å². The molecule has 4 rings (SSSR count). The van der Waals surface area contributed by atoms with Gasteiger partial charge in [-0.15, -0.1) is 0 Å². The minimum atomic E-state index is -1.08. The first-order chi connectivity index (χ1) is 13.7. The number of rotatable bonds is 7. The maximum Gasteiger partial charge on any atom is 0.370 e. The van der Waals surface area contributed by atoms with Crippen molar-refractivity contribution in [1.82, 2.24) is 0 Å². The van der Waals surface area contributed by atoms with Crippen LogP contribution in [0, 0.1) is 0 Å². The number of ether oxygens (including phenoxy) is 2. The zero-order valence-corrected chi connectivity index (χ0v) is 15.6. The van der Waals surface area contributed by atoms with Crippen LogP contribution in [0.15, 0.2) is 54.3 Å². The van der Waals surface area contributed by atoms with Gasteiger partial charge in [0.1, 0.15) is 0 Å². The molecular formula is C23H24O5. The van der Waals surface area contributed by atoms with Gasteiger partial charge in [0.25, 0.3) is 0 Å². The fourth-order valence-electron chi connectivity index (χ4n) is 3.94. The van der Waals surface area contributed by atoms with E-state index in [2.05, 4.69) is 36.4 Å². The number of aliphatic hydroxyl groups is 1. The van der Waals surface area contributed by atoms with Gasteiger partial charge in [0.15, 0.2) is 0 Å². The number of carbonyl (C=O) groups is 1. The van der Waals surface area contributed by atoms with Crippen molar-refractivity contribution in [1.29, 1.82) is 0 Å². The number of allylic oxidation sites excluding steroid dienone is 1. The zero-order valence-electron chi connectivity index (χ0n) is 15.6. The Morgan fingerprint density at radius 3 is 2.75 bits per heavy atom. The summed E-state index contributed by atoms with van der Waals surface area (Å²) in [6.07, 6.45) is 3.95. The third kappa shape index (κ3) is 3.81. The number of hydrogen-bond donors (Lipinski definition) is 2. The molecule has 0 saturated carbocycles. The number of carboxylic acid groups (broad SMARTS) is 1. The van der Waals surface area contributed by atoms with Crippen LogP contribution in [0.1, 0.15) is 41.9 Å². The average molecular weight is 380 g/mol. The van der Waals surface area contributed by atoms with Gasteiger partial charge in [0.2, 0.25) is 12.0 Å². The molecule has 5 nitrogen and oxygen atoms in total. The van der Waals surface area contributed by atoms with Gasteiger partial charge in [0.05, 0.1) is 6.61 Å². The predicted octanol–water partition coefficient (Wildman–Crippen LogP) is 3.85. The molecule has 0 fully saturated rings. The molecule has 2 atom stereocenters. The normalized spacial score (nSPS) is 20.1. The highest BCUT2D eigenvalue weighted by Crippen LogP contribution is 2.40. The van der Waals surface area contributed by atoms with Gasteiger partial charge in [-0.3, -0.25) is 0 Å². The van der Waals surface area contributed by atoms with Crippen LogP contribution in [0.25, 0.3) is 11.1 Å². The molecule has 0 spiro atoms. The molecule has 28 heavy (non-hydrogen) atoms. The molecule has 0 bridgehead atoms. The van der Waals surface area contributed by atoms with E-state index in [9.17, 15) is 9.90 Å². The summed E-state index contributed by atoms with van der Waals surface area (Å²) in [5, 5.41) is 18.3. The second-order valence-electron chi connectivity index (χ2n) is 7.28. The second-order valence-corrected chi connectivity index (χ2v) is 7.28. The van der Waals surface area contributed by atoms with E-state index in [1.54, 1.807) is 6.08 Å². The van der Waals surface area contributed by atoms with Crippen LogP contribution in [0.5, 0.6) is 0 Å². The number of carboxylic acids is 1. The summed E-state index contributed by atoms with van der Waals surface area (Å²) in [5.74, 6) is -1.23. The van der Waals surface area contributed by atoms with Gasteiger partial charge >= 0.3 is 5.97 Å². The van der Waals surface area contributed by atoms with Gasteiger partial charge in [-0.1, -0.05) is 42.5 Å². The summed E-state index contributed by atoms with van der Waals surface area (Å²) in [6, 6.07) is 14.8. The molecule has 2 aliphatic rings. The number of aliphatic hydroxyl groups excluding tert-OH is 1. The molecule has 2 aromatic carbocycles. The summed E-state index contributed by atoms with van der Waals surface area (Å²) >= 11 is 0. The third-order valence-corrected chi connectivity index (χ3v) is 5.37. The minimum Gasteiger partial charge on any atom is -0.475 e. The van der Waals surface area contributed by atoms with Gasteiger partial charge in [0, 0.05) is 18.9 Å². The molecule has 5 heteroatoms. The first kappa shape index (κ1) is 18.7. The number of hydrogen-bond acceptors (Lipinski definition) is 4. The Balaban J connectivity index is 1.57. The Morgan fingerprint density at radius 2 is 1.93 bits per heavy atom. The molecule has 0 unspecified atom stereocenters. The predicted molar refractivity (Wildman–Crippen MR) is 105 cm³/mol. The van der Waals surface area contributed by atoms with Crippen molar-refractivity contribution in [3.63, 3.8) is 0 Å². The van der Waals surface area contributed by atoms with E-state index < -0.39 is 12.3 Å². The molecule has 0 saturated heterocycles. The topological polar surface area (TPSA) is 76.0 Å². The first-order valence-electron chi connectivity index (χ1n) is 9.71. The lowest BCUT2D eigenvalue weighted by molar-refractivity contribution is -0.157. The molecule has 2 aromatic rings. The fraction of sp³-hybridized carbons (Fsp3) is 0.348. The van der Waals surface area contributed by atoms with Crippen LogP contribution in [-0.2, 0) is 20.7 Å². The van der Waals surface area contributed by atoms with E-state index in [1.807, 2.05) is 6.07 Å². The molecule has 1 aliphatic heterocycles. The second kappa shape index (κ2) is 8.17. The Morgan fingerprint density at radius 1 is 1.11 bits per heavy atom. The number of benzene rings is 2. The summed E-state index contributed by atoms with van der Waals surface area (Å²) in [6.45, 7) is 0.552. The minimum absolute atomic E-state index is 0.0655. The molecule has 2 N–H and O–H groups in total. The Kier molecular flexibility index (Phi) is 5.46. The van der Waals surface area contributed by atoms with Crippen LogP contribution < -0.4 is 0 Å². The summed E-state index contributed by atoms with van der Waals surface area (Å²) < 4.78 is 11.2. The maximum absolute atomic E-state index is 11.5. The molecule has 146 valence electrons. The monoisotopic (exact) mass is 380 g/mol. The van der Waals surface area contributed by atoms with Crippen LogP contribution in [0.2, 0.25) is 0 Å². The molecular weight excluding hydrogens is 356 g/mol. The van der Waals surface area contributed by atoms with Crippen LogP contribution in [0.3, 0.4) is 0 Å². The highest BCUT2D eigenvalue weighted by Gasteiger charge is 2.29. The van der Waals surface area contributed by atoms with Crippen LogP contribution in [0.4, 0.5) is 0 Å². The standard InChI is InChI=1S/C23H24O5/c24-9-3-4-10-27-22-14-18(13-21(28-22)23(25)26)15-7-8-17-11-16-5-1-2-6-19(16)20(17)12-15/h1-2,5-8,12-13,18,22,24H,3-4,9-11,14H2,(H,25,26)/t18-,22+/m0/s1. The van der Waals surface area contributed by atoms with Gasteiger partial charge in [-0.05, 0) is 53.2 Å². The van der Waals surface area contributed by atoms with Crippen molar-refractivity contribution in [2.75, 3.05) is 13.2 Å². The lowest BCUT2D eigenvalue weighted by atomic mass is 9.90. The molecule has 0 aromatic heterocycles. The van der Waals surface area contributed by atoms with E-state index in [-0.39, 0.29) is 18.3 Å². The van der Waals surface area contributed by atoms with Crippen molar-refractivity contribution in [2.45, 2.75) is 37.9 Å². The van der Waals surface area contributed by atoms with Crippen molar-refractivity contribution in [2.24, 2.45) is 0 Å². The third-order valence-electron chi connectivity index (χ3n) is 5.37.